The van der Waals surface area contributed by atoms with Gasteiger partial charge < -0.3 is 10.1 Å². The minimum absolute atomic E-state index is 0.115. The first-order valence-corrected chi connectivity index (χ1v) is 10.9. The van der Waals surface area contributed by atoms with Crippen molar-refractivity contribution in [2.24, 2.45) is 0 Å². The molecule has 30 heavy (non-hydrogen) atoms. The highest BCUT2D eigenvalue weighted by Crippen LogP contribution is 2.20. The van der Waals surface area contributed by atoms with Gasteiger partial charge in [0.1, 0.15) is 6.61 Å². The third-order valence-electron chi connectivity index (χ3n) is 4.33. The maximum absolute atomic E-state index is 12.3. The molecule has 3 amide bonds. The van der Waals surface area contributed by atoms with E-state index in [0.29, 0.717) is 35.4 Å². The molecule has 1 aliphatic rings. The molecular formula is C20H18N4O4S2. The number of rotatable bonds is 7. The van der Waals surface area contributed by atoms with E-state index < -0.39 is 0 Å². The lowest BCUT2D eigenvalue weighted by molar-refractivity contribution is -0.120. The zero-order chi connectivity index (χ0) is 20.9. The first-order valence-electron chi connectivity index (χ1n) is 9.18. The maximum Gasteiger partial charge on any atom is 0.414 e. The fourth-order valence-corrected chi connectivity index (χ4v) is 4.23. The van der Waals surface area contributed by atoms with Crippen LogP contribution in [-0.2, 0) is 22.5 Å². The van der Waals surface area contributed by atoms with Crippen molar-refractivity contribution in [2.75, 3.05) is 23.4 Å². The molecule has 0 radical (unpaired) electrons. The Morgan fingerprint density at radius 2 is 2.10 bits per heavy atom. The Balaban J connectivity index is 1.29. The highest BCUT2D eigenvalue weighted by atomic mass is 32.1. The molecular weight excluding hydrogens is 424 g/mol. The number of carbonyl (C=O) groups excluding carboxylic acids is 3. The van der Waals surface area contributed by atoms with Crippen LogP contribution in [0.1, 0.15) is 20.9 Å². The Morgan fingerprint density at radius 3 is 2.87 bits per heavy atom. The zero-order valence-corrected chi connectivity index (χ0v) is 17.4. The van der Waals surface area contributed by atoms with Crippen LogP contribution >= 0.6 is 22.7 Å². The predicted molar refractivity (Wildman–Crippen MR) is 115 cm³/mol. The molecule has 1 aliphatic heterocycles. The quantitative estimate of drug-likeness (QED) is 0.585. The second kappa shape index (κ2) is 9.06. The largest absolute Gasteiger partial charge is 0.447 e. The summed E-state index contributed by atoms with van der Waals surface area (Å²) in [5, 5.41) is 9.64. The minimum atomic E-state index is -0.360. The van der Waals surface area contributed by atoms with Crippen LogP contribution < -0.4 is 15.5 Å². The van der Waals surface area contributed by atoms with Gasteiger partial charge in [0, 0.05) is 17.6 Å². The summed E-state index contributed by atoms with van der Waals surface area (Å²) in [7, 11) is 0. The predicted octanol–water partition coefficient (Wildman–Crippen LogP) is 3.27. The summed E-state index contributed by atoms with van der Waals surface area (Å²) < 4.78 is 4.96. The Labute approximate surface area is 180 Å². The molecule has 8 nitrogen and oxygen atoms in total. The lowest BCUT2D eigenvalue weighted by Crippen LogP contribution is -2.26. The van der Waals surface area contributed by atoms with Crippen molar-refractivity contribution >= 4 is 51.4 Å². The van der Waals surface area contributed by atoms with Crippen molar-refractivity contribution < 1.29 is 19.1 Å². The molecule has 3 heterocycles. The van der Waals surface area contributed by atoms with E-state index in [1.807, 2.05) is 35.7 Å². The number of hydrogen-bond donors (Lipinski definition) is 2. The van der Waals surface area contributed by atoms with Crippen molar-refractivity contribution in [3.63, 3.8) is 0 Å². The number of anilines is 2. The first kappa shape index (κ1) is 20.0. The molecule has 0 unspecified atom stereocenters. The molecule has 154 valence electrons. The number of carbonyl (C=O) groups is 3. The van der Waals surface area contributed by atoms with Crippen LogP contribution in [0.25, 0.3) is 0 Å². The summed E-state index contributed by atoms with van der Waals surface area (Å²) in [6.07, 6.45) is -0.245. The molecule has 1 fully saturated rings. The third kappa shape index (κ3) is 4.84. The van der Waals surface area contributed by atoms with Crippen LogP contribution in [-0.4, -0.2) is 36.0 Å². The van der Waals surface area contributed by atoms with Crippen molar-refractivity contribution in [1.29, 1.82) is 0 Å². The van der Waals surface area contributed by atoms with Crippen LogP contribution in [0.15, 0.2) is 47.2 Å². The molecule has 0 aliphatic carbocycles. The van der Waals surface area contributed by atoms with Crippen molar-refractivity contribution in [3.8, 4) is 0 Å². The number of cyclic esters (lactones) is 1. The Bertz CT molecular complexity index is 1060. The molecule has 4 rings (SSSR count). The smallest absolute Gasteiger partial charge is 0.414 e. The van der Waals surface area contributed by atoms with E-state index in [9.17, 15) is 14.4 Å². The van der Waals surface area contributed by atoms with Crippen LogP contribution in [0.3, 0.4) is 0 Å². The number of thiophene rings is 1. The van der Waals surface area contributed by atoms with Gasteiger partial charge in [-0.25, -0.2) is 9.78 Å². The number of thiazole rings is 1. The summed E-state index contributed by atoms with van der Waals surface area (Å²) in [6, 6.07) is 11.0. The molecule has 3 aromatic rings. The van der Waals surface area contributed by atoms with Gasteiger partial charge in [-0.3, -0.25) is 19.8 Å². The van der Waals surface area contributed by atoms with Gasteiger partial charge in [0.05, 0.1) is 23.5 Å². The summed E-state index contributed by atoms with van der Waals surface area (Å²) >= 11 is 2.63. The van der Waals surface area contributed by atoms with Crippen molar-refractivity contribution in [1.82, 2.24) is 10.3 Å². The summed E-state index contributed by atoms with van der Waals surface area (Å²) in [4.78, 5) is 42.5. The van der Waals surface area contributed by atoms with E-state index in [4.69, 9.17) is 4.74 Å². The summed E-state index contributed by atoms with van der Waals surface area (Å²) in [5.41, 5.74) is 2.21. The van der Waals surface area contributed by atoms with Gasteiger partial charge in [-0.15, -0.1) is 22.7 Å². The highest BCUT2D eigenvalue weighted by molar-refractivity contribution is 7.14. The SMILES string of the molecule is O=C(Cc1csc(NC(=O)c2cccs2)n1)NCc1cccc(N2CCOC2=O)c1. The van der Waals surface area contributed by atoms with E-state index in [-0.39, 0.29) is 24.3 Å². The number of nitrogens with zero attached hydrogens (tertiary/aromatic N) is 2. The normalized spacial score (nSPS) is 13.2. The standard InChI is InChI=1S/C20H18N4O4S2/c25-17(10-14-12-30-19(22-14)23-18(26)16-5-2-8-29-16)21-11-13-3-1-4-15(9-13)24-6-7-28-20(24)27/h1-5,8-9,12H,6-7,10-11H2,(H,21,25)(H,22,23,26). The van der Waals surface area contributed by atoms with E-state index in [1.165, 1.54) is 22.7 Å². The molecule has 2 aromatic heterocycles. The third-order valence-corrected chi connectivity index (χ3v) is 6.01. The highest BCUT2D eigenvalue weighted by Gasteiger charge is 2.23. The van der Waals surface area contributed by atoms with Gasteiger partial charge in [0.15, 0.2) is 5.13 Å². The van der Waals surface area contributed by atoms with Gasteiger partial charge >= 0.3 is 6.09 Å². The second-order valence-electron chi connectivity index (χ2n) is 6.46. The Hall–Kier alpha value is -3.24. The number of amides is 3. The zero-order valence-electron chi connectivity index (χ0n) is 15.8. The fourth-order valence-electron chi connectivity index (χ4n) is 2.90. The van der Waals surface area contributed by atoms with Gasteiger partial charge in [0.2, 0.25) is 5.91 Å². The molecule has 0 atom stereocenters. The van der Waals surface area contributed by atoms with E-state index in [2.05, 4.69) is 15.6 Å². The van der Waals surface area contributed by atoms with Crippen molar-refractivity contribution in [2.45, 2.75) is 13.0 Å². The molecule has 0 bridgehead atoms. The average molecular weight is 443 g/mol. The molecule has 0 saturated carbocycles. The Kier molecular flexibility index (Phi) is 6.05. The summed E-state index contributed by atoms with van der Waals surface area (Å²) in [6.45, 7) is 1.23. The second-order valence-corrected chi connectivity index (χ2v) is 8.27. The average Bonchev–Trinajstić information content (AvgIpc) is 3.49. The monoisotopic (exact) mass is 442 g/mol. The first-order chi connectivity index (χ1) is 14.6. The number of ether oxygens (including phenoxy) is 1. The topological polar surface area (TPSA) is 101 Å². The van der Waals surface area contributed by atoms with Gasteiger partial charge in [-0.1, -0.05) is 18.2 Å². The van der Waals surface area contributed by atoms with E-state index in [1.54, 1.807) is 16.3 Å². The van der Waals surface area contributed by atoms with Crippen LogP contribution in [0, 0.1) is 0 Å². The minimum Gasteiger partial charge on any atom is -0.447 e. The summed E-state index contributed by atoms with van der Waals surface area (Å²) in [5.74, 6) is -0.389. The van der Waals surface area contributed by atoms with Crippen LogP contribution in [0.2, 0.25) is 0 Å². The van der Waals surface area contributed by atoms with E-state index >= 15 is 0 Å². The lowest BCUT2D eigenvalue weighted by Gasteiger charge is -2.14. The van der Waals surface area contributed by atoms with Gasteiger partial charge in [-0.2, -0.15) is 0 Å². The number of hydrogen-bond acceptors (Lipinski definition) is 7. The van der Waals surface area contributed by atoms with Gasteiger partial charge in [0.25, 0.3) is 5.91 Å². The Morgan fingerprint density at radius 1 is 1.20 bits per heavy atom. The molecule has 10 heteroatoms. The molecule has 2 N–H and O–H groups in total. The van der Waals surface area contributed by atoms with Crippen molar-refractivity contribution in [3.05, 3.63) is 63.3 Å². The molecule has 1 aromatic carbocycles. The number of benzene rings is 1. The van der Waals surface area contributed by atoms with Crippen LogP contribution in [0.5, 0.6) is 0 Å². The number of nitrogens with one attached hydrogen (secondary N) is 2. The molecule has 0 spiro atoms. The van der Waals surface area contributed by atoms with Crippen LogP contribution in [0.4, 0.5) is 15.6 Å². The number of aromatic nitrogens is 1. The maximum atomic E-state index is 12.3. The lowest BCUT2D eigenvalue weighted by atomic mass is 10.2. The van der Waals surface area contributed by atoms with E-state index in [0.717, 1.165) is 11.3 Å². The fraction of sp³-hybridized carbons (Fsp3) is 0.200. The molecule has 1 saturated heterocycles. The van der Waals surface area contributed by atoms with Gasteiger partial charge in [-0.05, 0) is 29.1 Å².